The fraction of sp³-hybridized carbons (Fsp3) is 0.357. The Hall–Kier alpha value is -1.57. The zero-order chi connectivity index (χ0) is 11.4. The lowest BCUT2D eigenvalue weighted by molar-refractivity contribution is 0.433. The first-order valence-electron chi connectivity index (χ1n) is 5.95. The van der Waals surface area contributed by atoms with Gasteiger partial charge in [0.05, 0.1) is 11.7 Å². The summed E-state index contributed by atoms with van der Waals surface area (Å²) in [5.74, 6) is 0. The van der Waals surface area contributed by atoms with Gasteiger partial charge in [0, 0.05) is 6.20 Å². The van der Waals surface area contributed by atoms with Gasteiger partial charge >= 0.3 is 0 Å². The quantitative estimate of drug-likeness (QED) is 0.754. The van der Waals surface area contributed by atoms with E-state index >= 15 is 0 Å². The van der Waals surface area contributed by atoms with Crippen LogP contribution in [0.4, 0.5) is 0 Å². The molecular formula is C14H18N2. The van der Waals surface area contributed by atoms with Crippen LogP contribution >= 0.6 is 0 Å². The fourth-order valence-electron chi connectivity index (χ4n) is 2.08. The largest absolute Gasteiger partial charge is 0.262 e. The van der Waals surface area contributed by atoms with Crippen molar-refractivity contribution in [1.29, 1.82) is 0 Å². The molecule has 0 atom stereocenters. The Bertz CT molecular complexity index is 427. The van der Waals surface area contributed by atoms with Crippen molar-refractivity contribution in [3.63, 3.8) is 0 Å². The molecule has 1 aromatic heterocycles. The molecule has 84 valence electrons. The van der Waals surface area contributed by atoms with Crippen LogP contribution in [0.5, 0.6) is 0 Å². The normalized spacial score (nSPS) is 10.9. The van der Waals surface area contributed by atoms with E-state index in [1.165, 1.54) is 11.3 Å². The molecule has 0 spiro atoms. The van der Waals surface area contributed by atoms with Gasteiger partial charge in [-0.1, -0.05) is 44.2 Å². The first-order chi connectivity index (χ1) is 7.86. The SMILES string of the molecule is CCC(CC)n1nccc1-c1ccccc1. The minimum atomic E-state index is 0.505. The van der Waals surface area contributed by atoms with Crippen LogP contribution in [0, 0.1) is 0 Å². The Balaban J connectivity index is 2.40. The number of benzene rings is 1. The zero-order valence-electron chi connectivity index (χ0n) is 9.93. The minimum Gasteiger partial charge on any atom is -0.262 e. The highest BCUT2D eigenvalue weighted by Gasteiger charge is 2.11. The molecule has 2 heteroatoms. The van der Waals surface area contributed by atoms with Gasteiger partial charge in [0.25, 0.3) is 0 Å². The molecule has 0 bridgehead atoms. The van der Waals surface area contributed by atoms with Crippen LogP contribution in [0.3, 0.4) is 0 Å². The van der Waals surface area contributed by atoms with Crippen molar-refractivity contribution in [2.45, 2.75) is 32.7 Å². The maximum absolute atomic E-state index is 4.45. The molecular weight excluding hydrogens is 196 g/mol. The van der Waals surface area contributed by atoms with Gasteiger partial charge in [-0.25, -0.2) is 0 Å². The molecule has 0 aliphatic rings. The van der Waals surface area contributed by atoms with Crippen molar-refractivity contribution in [2.75, 3.05) is 0 Å². The van der Waals surface area contributed by atoms with Crippen LogP contribution in [-0.2, 0) is 0 Å². The molecule has 0 radical (unpaired) electrons. The Morgan fingerprint density at radius 3 is 2.38 bits per heavy atom. The number of hydrogen-bond donors (Lipinski definition) is 0. The van der Waals surface area contributed by atoms with Crippen molar-refractivity contribution in [1.82, 2.24) is 9.78 Å². The number of aromatic nitrogens is 2. The van der Waals surface area contributed by atoms with Crippen LogP contribution < -0.4 is 0 Å². The molecule has 2 aromatic rings. The van der Waals surface area contributed by atoms with Crippen molar-refractivity contribution < 1.29 is 0 Å². The average Bonchev–Trinajstić information content (AvgIpc) is 2.81. The van der Waals surface area contributed by atoms with Crippen molar-refractivity contribution in [3.8, 4) is 11.3 Å². The summed E-state index contributed by atoms with van der Waals surface area (Å²) in [5, 5.41) is 4.45. The van der Waals surface area contributed by atoms with E-state index in [9.17, 15) is 0 Å². The highest BCUT2D eigenvalue weighted by molar-refractivity contribution is 5.59. The molecule has 0 aliphatic carbocycles. The second kappa shape index (κ2) is 4.97. The summed E-state index contributed by atoms with van der Waals surface area (Å²) in [4.78, 5) is 0. The highest BCUT2D eigenvalue weighted by atomic mass is 15.3. The Morgan fingerprint density at radius 2 is 1.75 bits per heavy atom. The van der Waals surface area contributed by atoms with Crippen molar-refractivity contribution in [3.05, 3.63) is 42.6 Å². The molecule has 0 N–H and O–H groups in total. The summed E-state index contributed by atoms with van der Waals surface area (Å²) in [6.45, 7) is 4.43. The first-order valence-corrected chi connectivity index (χ1v) is 5.95. The maximum atomic E-state index is 4.45. The second-order valence-electron chi connectivity index (χ2n) is 4.00. The van der Waals surface area contributed by atoms with Crippen LogP contribution in [0.1, 0.15) is 32.7 Å². The molecule has 0 saturated carbocycles. The smallest absolute Gasteiger partial charge is 0.0685 e. The Morgan fingerprint density at radius 1 is 1.06 bits per heavy atom. The Kier molecular flexibility index (Phi) is 3.40. The molecule has 1 aromatic carbocycles. The third kappa shape index (κ3) is 2.01. The molecule has 2 rings (SSSR count). The van der Waals surface area contributed by atoms with Gasteiger partial charge in [0.15, 0.2) is 0 Å². The molecule has 0 amide bonds. The van der Waals surface area contributed by atoms with Crippen molar-refractivity contribution >= 4 is 0 Å². The monoisotopic (exact) mass is 214 g/mol. The van der Waals surface area contributed by atoms with E-state index in [4.69, 9.17) is 0 Å². The summed E-state index contributed by atoms with van der Waals surface area (Å²) in [7, 11) is 0. The molecule has 0 unspecified atom stereocenters. The van der Waals surface area contributed by atoms with E-state index in [1.807, 2.05) is 12.3 Å². The standard InChI is InChI=1S/C14H18N2/c1-3-13(4-2)16-14(10-11-15-16)12-8-6-5-7-9-12/h5-11,13H,3-4H2,1-2H3. The van der Waals surface area contributed by atoms with E-state index < -0.39 is 0 Å². The van der Waals surface area contributed by atoms with Gasteiger partial charge in [-0.05, 0) is 24.5 Å². The lowest BCUT2D eigenvalue weighted by atomic mass is 10.1. The average molecular weight is 214 g/mol. The van der Waals surface area contributed by atoms with E-state index in [0.29, 0.717) is 6.04 Å². The van der Waals surface area contributed by atoms with Gasteiger partial charge in [-0.2, -0.15) is 5.10 Å². The summed E-state index contributed by atoms with van der Waals surface area (Å²) in [5.41, 5.74) is 2.46. The lowest BCUT2D eigenvalue weighted by Crippen LogP contribution is -2.09. The molecule has 16 heavy (non-hydrogen) atoms. The van der Waals surface area contributed by atoms with Crippen LogP contribution in [0.2, 0.25) is 0 Å². The topological polar surface area (TPSA) is 17.8 Å². The fourth-order valence-corrected chi connectivity index (χ4v) is 2.08. The molecule has 2 nitrogen and oxygen atoms in total. The van der Waals surface area contributed by atoms with Gasteiger partial charge in [0.1, 0.15) is 0 Å². The van der Waals surface area contributed by atoms with Crippen molar-refractivity contribution in [2.24, 2.45) is 0 Å². The number of rotatable bonds is 4. The third-order valence-electron chi connectivity index (χ3n) is 3.03. The number of hydrogen-bond acceptors (Lipinski definition) is 1. The first kappa shape index (κ1) is 10.9. The van der Waals surface area contributed by atoms with Gasteiger partial charge in [0.2, 0.25) is 0 Å². The predicted molar refractivity (Wildman–Crippen MR) is 67.3 cm³/mol. The van der Waals surface area contributed by atoms with Gasteiger partial charge in [-0.3, -0.25) is 4.68 Å². The third-order valence-corrected chi connectivity index (χ3v) is 3.03. The molecule has 0 saturated heterocycles. The van der Waals surface area contributed by atoms with Gasteiger partial charge < -0.3 is 0 Å². The Labute approximate surface area is 96.9 Å². The van der Waals surface area contributed by atoms with E-state index in [-0.39, 0.29) is 0 Å². The molecule has 0 fully saturated rings. The van der Waals surface area contributed by atoms with E-state index in [0.717, 1.165) is 12.8 Å². The van der Waals surface area contributed by atoms with Crippen LogP contribution in [0.15, 0.2) is 42.6 Å². The highest BCUT2D eigenvalue weighted by Crippen LogP contribution is 2.24. The lowest BCUT2D eigenvalue weighted by Gasteiger charge is -2.16. The van der Waals surface area contributed by atoms with E-state index in [2.05, 4.69) is 54.0 Å². The molecule has 1 heterocycles. The van der Waals surface area contributed by atoms with Crippen LogP contribution in [0.25, 0.3) is 11.3 Å². The molecule has 0 aliphatic heterocycles. The summed E-state index contributed by atoms with van der Waals surface area (Å²) < 4.78 is 2.15. The summed E-state index contributed by atoms with van der Waals surface area (Å²) >= 11 is 0. The summed E-state index contributed by atoms with van der Waals surface area (Å²) in [6, 6.07) is 13.0. The van der Waals surface area contributed by atoms with E-state index in [1.54, 1.807) is 0 Å². The number of nitrogens with zero attached hydrogens (tertiary/aromatic N) is 2. The van der Waals surface area contributed by atoms with Crippen LogP contribution in [-0.4, -0.2) is 9.78 Å². The maximum Gasteiger partial charge on any atom is 0.0685 e. The summed E-state index contributed by atoms with van der Waals surface area (Å²) in [6.07, 6.45) is 4.14. The minimum absolute atomic E-state index is 0.505. The predicted octanol–water partition coefficient (Wildman–Crippen LogP) is 3.91. The second-order valence-corrected chi connectivity index (χ2v) is 4.00. The zero-order valence-corrected chi connectivity index (χ0v) is 9.93. The van der Waals surface area contributed by atoms with Gasteiger partial charge in [-0.15, -0.1) is 0 Å².